The number of likely N-dealkylation sites (N-methyl/N-ethyl adjacent to an activating group) is 1. The van der Waals surface area contributed by atoms with Crippen LogP contribution in [0, 0.1) is 0 Å². The van der Waals surface area contributed by atoms with E-state index < -0.39 is 17.2 Å². The maximum absolute atomic E-state index is 13.4. The summed E-state index contributed by atoms with van der Waals surface area (Å²) >= 11 is 0. The third kappa shape index (κ3) is 5.94. The Bertz CT molecular complexity index is 1360. The topological polar surface area (TPSA) is 57.4 Å². The largest absolute Gasteiger partial charge is 0.497 e. The molecule has 1 atom stereocenters. The van der Waals surface area contributed by atoms with Crippen molar-refractivity contribution in [2.24, 2.45) is 10.2 Å². The zero-order valence-electron chi connectivity index (χ0n) is 21.2. The van der Waals surface area contributed by atoms with E-state index in [-0.39, 0.29) is 22.7 Å². The molecule has 4 rings (SSSR count). The Balaban J connectivity index is 0.00000400. The zero-order chi connectivity index (χ0) is 26.6. The fourth-order valence-electron chi connectivity index (χ4n) is 4.79. The second-order valence-electron chi connectivity index (χ2n) is 8.94. The number of ether oxygens (including phenoxy) is 1. The summed E-state index contributed by atoms with van der Waals surface area (Å²) < 4.78 is 45.7. The molecule has 0 spiro atoms. The molecule has 0 saturated heterocycles. The standard InChI is InChI=1S/C29H28F3N3O2.Co/c1-4-35-25-14-13-23(37-3)18-24(25)28(2,19-20-9-8-12-22(17-20)29(30,31)32)26(35)15-16-33-34-27(36)21-10-6-5-7-11-21;/h5-18H,4,19H2,1-3H3,(H,34,36);/b26-15-,33-16+;. The maximum atomic E-state index is 13.4. The molecule has 3 aromatic carbocycles. The van der Waals surface area contributed by atoms with Crippen molar-refractivity contribution in [3.05, 3.63) is 107 Å². The van der Waals surface area contributed by atoms with Crippen molar-refractivity contribution in [3.8, 4) is 5.75 Å². The van der Waals surface area contributed by atoms with Crippen LogP contribution in [0.25, 0.3) is 0 Å². The van der Waals surface area contributed by atoms with Gasteiger partial charge in [0.05, 0.1) is 18.9 Å². The number of benzene rings is 3. The number of fused-ring (bicyclic) bond motifs is 1. The summed E-state index contributed by atoms with van der Waals surface area (Å²) in [5.41, 5.74) is 2.50. The number of aliphatic hydroxyl groups excluding tert-OH is 1. The summed E-state index contributed by atoms with van der Waals surface area (Å²) in [5.74, 6) is 0.450. The predicted molar refractivity (Wildman–Crippen MR) is 141 cm³/mol. The Morgan fingerprint density at radius 1 is 1.05 bits per heavy atom. The molecule has 1 N–H and O–H groups in total. The molecule has 9 heteroatoms. The van der Waals surface area contributed by atoms with Gasteiger partial charge in [-0.2, -0.15) is 18.3 Å². The number of rotatable bonds is 7. The van der Waals surface area contributed by atoms with Gasteiger partial charge in [-0.1, -0.05) is 36.4 Å². The number of aliphatic hydroxyl groups is 1. The molecule has 1 radical (unpaired) electrons. The van der Waals surface area contributed by atoms with Crippen LogP contribution in [-0.2, 0) is 34.8 Å². The smallest absolute Gasteiger partial charge is 0.416 e. The van der Waals surface area contributed by atoms with Crippen LogP contribution in [0.1, 0.15) is 36.1 Å². The Morgan fingerprint density at radius 2 is 1.79 bits per heavy atom. The van der Waals surface area contributed by atoms with Crippen LogP contribution in [0.15, 0.2) is 94.8 Å². The molecule has 0 bridgehead atoms. The van der Waals surface area contributed by atoms with Crippen molar-refractivity contribution in [1.29, 1.82) is 0 Å². The molecule has 0 aromatic heterocycles. The zero-order valence-corrected chi connectivity index (χ0v) is 22.2. The number of hydrogen-bond acceptors (Lipinski definition) is 4. The van der Waals surface area contributed by atoms with E-state index in [1.54, 1.807) is 43.5 Å². The molecule has 0 fully saturated rings. The molecule has 38 heavy (non-hydrogen) atoms. The first kappa shape index (κ1) is 29.0. The average molecular weight is 566 g/mol. The van der Waals surface area contributed by atoms with E-state index in [0.29, 0.717) is 29.8 Å². The van der Waals surface area contributed by atoms with Crippen molar-refractivity contribution in [2.75, 3.05) is 18.6 Å². The van der Waals surface area contributed by atoms with Crippen LogP contribution >= 0.6 is 0 Å². The Labute approximate surface area is 230 Å². The summed E-state index contributed by atoms with van der Waals surface area (Å²) in [6, 6.07) is 20.0. The molecule has 0 aliphatic carbocycles. The number of allylic oxidation sites excluding steroid dienone is 2. The van der Waals surface area contributed by atoms with E-state index in [2.05, 4.69) is 15.1 Å². The van der Waals surface area contributed by atoms with Gasteiger partial charge in [-0.05, 0) is 73.9 Å². The third-order valence-electron chi connectivity index (χ3n) is 6.56. The van der Waals surface area contributed by atoms with Gasteiger partial charge in [0, 0.05) is 45.7 Å². The molecule has 5 nitrogen and oxygen atoms in total. The number of halogens is 3. The normalized spacial score (nSPS) is 18.5. The fourth-order valence-corrected chi connectivity index (χ4v) is 4.79. The number of methoxy groups -OCH3 is 1. The molecule has 0 saturated carbocycles. The van der Waals surface area contributed by atoms with Crippen molar-refractivity contribution in [3.63, 3.8) is 0 Å². The van der Waals surface area contributed by atoms with Crippen LogP contribution in [0.3, 0.4) is 0 Å². The van der Waals surface area contributed by atoms with Crippen LogP contribution in [0.5, 0.6) is 5.75 Å². The van der Waals surface area contributed by atoms with Crippen LogP contribution in [0.4, 0.5) is 18.9 Å². The monoisotopic (exact) mass is 566 g/mol. The van der Waals surface area contributed by atoms with Gasteiger partial charge in [0.2, 0.25) is 5.90 Å². The SMILES string of the molecule is CCN1\C(=C/C=N/N=C(\O)c2ccccc2)C(C)(Cc2cccc(C(F)(F)F)c2)c2cc(OC)ccc21.[Co]. The van der Waals surface area contributed by atoms with Crippen molar-refractivity contribution < 1.29 is 39.8 Å². The predicted octanol–water partition coefficient (Wildman–Crippen LogP) is 6.93. The van der Waals surface area contributed by atoms with E-state index in [1.807, 2.05) is 38.1 Å². The minimum absolute atomic E-state index is 0. The summed E-state index contributed by atoms with van der Waals surface area (Å²) in [5, 5.41) is 18.1. The second-order valence-corrected chi connectivity index (χ2v) is 8.94. The van der Waals surface area contributed by atoms with Crippen molar-refractivity contribution >= 4 is 17.8 Å². The summed E-state index contributed by atoms with van der Waals surface area (Å²) in [7, 11) is 1.58. The second kappa shape index (κ2) is 11.9. The van der Waals surface area contributed by atoms with Crippen LogP contribution in [-0.4, -0.2) is 30.9 Å². The van der Waals surface area contributed by atoms with Crippen molar-refractivity contribution in [2.45, 2.75) is 31.9 Å². The minimum atomic E-state index is -4.42. The third-order valence-corrected chi connectivity index (χ3v) is 6.56. The van der Waals surface area contributed by atoms with Crippen LogP contribution in [0.2, 0.25) is 0 Å². The van der Waals surface area contributed by atoms with Gasteiger partial charge in [-0.25, -0.2) is 0 Å². The van der Waals surface area contributed by atoms with Gasteiger partial charge >= 0.3 is 6.18 Å². The van der Waals surface area contributed by atoms with E-state index in [4.69, 9.17) is 4.74 Å². The van der Waals surface area contributed by atoms with Crippen molar-refractivity contribution in [1.82, 2.24) is 0 Å². The first-order valence-electron chi connectivity index (χ1n) is 11.9. The molecular formula is C29H28CoF3N3O2. The van der Waals surface area contributed by atoms with Gasteiger partial charge in [0.1, 0.15) is 5.75 Å². The molecule has 1 unspecified atom stereocenters. The molecule has 3 aromatic rings. The average Bonchev–Trinajstić information content (AvgIpc) is 3.12. The van der Waals surface area contributed by atoms with E-state index in [1.165, 1.54) is 18.3 Å². The number of anilines is 1. The van der Waals surface area contributed by atoms with E-state index >= 15 is 0 Å². The Morgan fingerprint density at radius 3 is 2.45 bits per heavy atom. The summed E-state index contributed by atoms with van der Waals surface area (Å²) in [6.45, 7) is 4.65. The molecule has 1 heterocycles. The number of hydrogen-bond donors (Lipinski definition) is 1. The van der Waals surface area contributed by atoms with E-state index in [0.717, 1.165) is 23.0 Å². The van der Waals surface area contributed by atoms with Crippen LogP contribution < -0.4 is 9.64 Å². The molecule has 1 aliphatic heterocycles. The molecule has 201 valence electrons. The van der Waals surface area contributed by atoms with Gasteiger partial charge < -0.3 is 14.7 Å². The van der Waals surface area contributed by atoms with Gasteiger partial charge in [-0.3, -0.25) is 0 Å². The van der Waals surface area contributed by atoms with Gasteiger partial charge in [0.15, 0.2) is 0 Å². The maximum Gasteiger partial charge on any atom is 0.416 e. The quantitative estimate of drug-likeness (QED) is 0.192. The summed E-state index contributed by atoms with van der Waals surface area (Å²) in [4.78, 5) is 2.11. The number of nitrogens with zero attached hydrogens (tertiary/aromatic N) is 3. The van der Waals surface area contributed by atoms with Gasteiger partial charge in [0.25, 0.3) is 0 Å². The van der Waals surface area contributed by atoms with Gasteiger partial charge in [-0.15, -0.1) is 5.10 Å². The fraction of sp³-hybridized carbons (Fsp3) is 0.241. The number of alkyl halides is 3. The minimum Gasteiger partial charge on any atom is -0.497 e. The molecule has 1 aliphatic rings. The molecular weight excluding hydrogens is 538 g/mol. The Hall–Kier alpha value is -3.56. The Kier molecular flexibility index (Phi) is 9.06. The molecule has 0 amide bonds. The first-order valence-corrected chi connectivity index (χ1v) is 11.9. The summed E-state index contributed by atoms with van der Waals surface area (Å²) in [6.07, 6.45) is -0.810. The van der Waals surface area contributed by atoms with E-state index in [9.17, 15) is 18.3 Å². The first-order chi connectivity index (χ1) is 17.7.